The minimum Gasteiger partial charge on any atom is -0.383 e. The molecule has 5 heterocycles. The lowest BCUT2D eigenvalue weighted by Crippen LogP contribution is -2.58. The molecule has 9 heteroatoms. The summed E-state index contributed by atoms with van der Waals surface area (Å²) in [4.78, 5) is 33.4. The number of carbonyl (C=O) groups excluding carboxylic acids is 1. The van der Waals surface area contributed by atoms with Gasteiger partial charge in [-0.3, -0.25) is 9.59 Å². The molecule has 0 saturated carbocycles. The number of H-pyrrole nitrogens is 1. The first-order valence-electron chi connectivity index (χ1n) is 12.0. The number of nitrogens with zero attached hydrogens (tertiary/aromatic N) is 2. The van der Waals surface area contributed by atoms with Crippen LogP contribution in [0.25, 0.3) is 0 Å². The van der Waals surface area contributed by atoms with Gasteiger partial charge < -0.3 is 24.8 Å². The average molecular weight is 503 g/mol. The summed E-state index contributed by atoms with van der Waals surface area (Å²) in [6.45, 7) is 6.88. The largest absolute Gasteiger partial charge is 0.383 e. The SMILES string of the molecule is Cc1[nH]c(=O)c(CN2CCc3c(Cl)cc(N4CC5(CCOCC5)C4)c(Cl)c3C2=O)c2c1NCC2. The summed E-state index contributed by atoms with van der Waals surface area (Å²) in [6, 6.07) is 1.92. The van der Waals surface area contributed by atoms with Crippen LogP contribution in [0.3, 0.4) is 0 Å². The van der Waals surface area contributed by atoms with E-state index in [1.807, 2.05) is 13.0 Å². The van der Waals surface area contributed by atoms with E-state index < -0.39 is 0 Å². The van der Waals surface area contributed by atoms with Crippen LogP contribution in [0.15, 0.2) is 10.9 Å². The van der Waals surface area contributed by atoms with Crippen LogP contribution in [0, 0.1) is 12.3 Å². The molecule has 2 N–H and O–H groups in total. The molecule has 0 bridgehead atoms. The normalized spacial score (nSPS) is 20.7. The molecule has 0 aliphatic carbocycles. The molecule has 2 fully saturated rings. The van der Waals surface area contributed by atoms with Gasteiger partial charge in [-0.2, -0.15) is 0 Å². The number of aromatic nitrogens is 1. The maximum absolute atomic E-state index is 13.7. The van der Waals surface area contributed by atoms with E-state index in [4.69, 9.17) is 27.9 Å². The maximum Gasteiger partial charge on any atom is 0.256 e. The van der Waals surface area contributed by atoms with E-state index in [2.05, 4.69) is 15.2 Å². The van der Waals surface area contributed by atoms with Gasteiger partial charge in [-0.1, -0.05) is 23.2 Å². The fourth-order valence-corrected chi connectivity index (χ4v) is 6.73. The van der Waals surface area contributed by atoms with Crippen LogP contribution >= 0.6 is 23.2 Å². The monoisotopic (exact) mass is 502 g/mol. The summed E-state index contributed by atoms with van der Waals surface area (Å²) in [5, 5.41) is 4.41. The maximum atomic E-state index is 13.7. The van der Waals surface area contributed by atoms with Crippen molar-refractivity contribution >= 4 is 40.5 Å². The number of aryl methyl sites for hydroxylation is 1. The van der Waals surface area contributed by atoms with E-state index in [9.17, 15) is 9.59 Å². The first kappa shape index (κ1) is 22.3. The number of halogens is 2. The highest BCUT2D eigenvalue weighted by Crippen LogP contribution is 2.47. The highest BCUT2D eigenvalue weighted by atomic mass is 35.5. The Morgan fingerprint density at radius 1 is 1.12 bits per heavy atom. The third-order valence-electron chi connectivity index (χ3n) is 8.02. The van der Waals surface area contributed by atoms with Gasteiger partial charge in [0.05, 0.1) is 28.5 Å². The van der Waals surface area contributed by atoms with Crippen molar-refractivity contribution in [2.75, 3.05) is 49.6 Å². The van der Waals surface area contributed by atoms with Crippen LogP contribution in [0.5, 0.6) is 0 Å². The van der Waals surface area contributed by atoms with Crippen LogP contribution in [-0.2, 0) is 24.1 Å². The third-order valence-corrected chi connectivity index (χ3v) is 8.74. The molecule has 4 aliphatic rings. The number of amides is 1. The summed E-state index contributed by atoms with van der Waals surface area (Å²) in [6.07, 6.45) is 3.51. The van der Waals surface area contributed by atoms with Crippen LogP contribution in [0.2, 0.25) is 10.0 Å². The lowest BCUT2D eigenvalue weighted by atomic mass is 9.73. The van der Waals surface area contributed by atoms with Crippen molar-refractivity contribution in [3.63, 3.8) is 0 Å². The number of nitrogens with one attached hydrogen (secondary N) is 2. The van der Waals surface area contributed by atoms with Crippen molar-refractivity contribution in [1.29, 1.82) is 0 Å². The standard InChI is InChI=1S/C25H28Cl2N4O3/c1-14-22-15(2-6-28-22)17(23(32)29-14)11-30-7-3-16-18(26)10-19(21(27)20(16)24(30)33)31-12-25(13-31)4-8-34-9-5-25/h10,28H,2-9,11-13H2,1H3,(H,29,32). The summed E-state index contributed by atoms with van der Waals surface area (Å²) < 4.78 is 5.53. The Bertz CT molecular complexity index is 1240. The molecule has 1 aromatic heterocycles. The summed E-state index contributed by atoms with van der Waals surface area (Å²) >= 11 is 13.6. The first-order valence-corrected chi connectivity index (χ1v) is 12.7. The molecule has 1 amide bonds. The average Bonchev–Trinajstić information content (AvgIpc) is 3.29. The van der Waals surface area contributed by atoms with E-state index >= 15 is 0 Å². The number of rotatable bonds is 3. The van der Waals surface area contributed by atoms with Crippen LogP contribution < -0.4 is 15.8 Å². The van der Waals surface area contributed by atoms with Gasteiger partial charge in [0.2, 0.25) is 0 Å². The number of benzene rings is 1. The number of anilines is 2. The molecular weight excluding hydrogens is 475 g/mol. The number of hydrogen-bond acceptors (Lipinski definition) is 5. The lowest BCUT2D eigenvalue weighted by Gasteiger charge is -2.53. The molecule has 180 valence electrons. The number of ether oxygens (including phenoxy) is 1. The topological polar surface area (TPSA) is 77.7 Å². The first-order chi connectivity index (χ1) is 16.4. The number of carbonyl (C=O) groups is 1. The second-order valence-corrected chi connectivity index (χ2v) is 10.9. The van der Waals surface area contributed by atoms with Crippen molar-refractivity contribution in [3.8, 4) is 0 Å². The molecule has 2 saturated heterocycles. The van der Waals surface area contributed by atoms with Crippen LogP contribution in [0.4, 0.5) is 11.4 Å². The zero-order valence-corrected chi connectivity index (χ0v) is 20.7. The molecule has 34 heavy (non-hydrogen) atoms. The zero-order chi connectivity index (χ0) is 23.6. The second-order valence-electron chi connectivity index (χ2n) is 10.1. The fraction of sp³-hybridized carbons (Fsp3) is 0.520. The van der Waals surface area contributed by atoms with E-state index in [0.717, 1.165) is 80.3 Å². The molecule has 1 spiro atoms. The number of hydrogen-bond donors (Lipinski definition) is 2. The Balaban J connectivity index is 1.30. The molecule has 1 aromatic carbocycles. The Morgan fingerprint density at radius 3 is 2.65 bits per heavy atom. The molecule has 0 atom stereocenters. The van der Waals surface area contributed by atoms with Crippen molar-refractivity contribution < 1.29 is 9.53 Å². The van der Waals surface area contributed by atoms with Crippen molar-refractivity contribution in [2.24, 2.45) is 5.41 Å². The van der Waals surface area contributed by atoms with E-state index in [1.165, 1.54) is 0 Å². The molecule has 0 unspecified atom stereocenters. The van der Waals surface area contributed by atoms with Gasteiger partial charge in [-0.25, -0.2) is 0 Å². The molecule has 0 radical (unpaired) electrons. The van der Waals surface area contributed by atoms with Gasteiger partial charge in [-0.15, -0.1) is 0 Å². The Kier molecular flexibility index (Phi) is 5.35. The van der Waals surface area contributed by atoms with Crippen molar-refractivity contribution in [1.82, 2.24) is 9.88 Å². The van der Waals surface area contributed by atoms with Crippen LogP contribution in [-0.4, -0.2) is 55.2 Å². The zero-order valence-electron chi connectivity index (χ0n) is 19.2. The summed E-state index contributed by atoms with van der Waals surface area (Å²) in [7, 11) is 0. The number of pyridine rings is 1. The Morgan fingerprint density at radius 2 is 1.88 bits per heavy atom. The van der Waals surface area contributed by atoms with Crippen molar-refractivity contribution in [3.05, 3.63) is 54.4 Å². The van der Waals surface area contributed by atoms with Gasteiger partial charge >= 0.3 is 0 Å². The predicted octanol–water partition coefficient (Wildman–Crippen LogP) is 3.77. The smallest absolute Gasteiger partial charge is 0.256 e. The molecule has 4 aliphatic heterocycles. The minimum atomic E-state index is -0.156. The number of aromatic amines is 1. The molecule has 2 aromatic rings. The van der Waals surface area contributed by atoms with Gasteiger partial charge in [0, 0.05) is 61.1 Å². The predicted molar refractivity (Wildman–Crippen MR) is 134 cm³/mol. The molecule has 7 nitrogen and oxygen atoms in total. The van der Waals surface area contributed by atoms with E-state index in [-0.39, 0.29) is 23.4 Å². The second kappa shape index (κ2) is 8.18. The van der Waals surface area contributed by atoms with Gasteiger partial charge in [0.1, 0.15) is 0 Å². The van der Waals surface area contributed by atoms with Gasteiger partial charge in [0.25, 0.3) is 11.5 Å². The quantitative estimate of drug-likeness (QED) is 0.667. The molecular formula is C25H28Cl2N4O3. The lowest BCUT2D eigenvalue weighted by molar-refractivity contribution is -0.000186. The minimum absolute atomic E-state index is 0.126. The third kappa shape index (κ3) is 3.43. The van der Waals surface area contributed by atoms with E-state index in [1.54, 1.807) is 4.90 Å². The van der Waals surface area contributed by atoms with Gasteiger partial charge in [-0.05, 0) is 49.8 Å². The highest BCUT2D eigenvalue weighted by molar-refractivity contribution is 6.39. The van der Waals surface area contributed by atoms with E-state index in [0.29, 0.717) is 34.1 Å². The summed E-state index contributed by atoms with van der Waals surface area (Å²) in [5.74, 6) is -0.156. The molecule has 6 rings (SSSR count). The Labute approximate surface area is 208 Å². The Hall–Kier alpha value is -2.22. The summed E-state index contributed by atoms with van der Waals surface area (Å²) in [5.41, 5.74) is 5.78. The number of fused-ring (bicyclic) bond motifs is 2. The fourth-order valence-electron chi connectivity index (χ4n) is 6.07. The highest BCUT2D eigenvalue weighted by Gasteiger charge is 2.45. The van der Waals surface area contributed by atoms with Crippen LogP contribution in [0.1, 0.15) is 45.6 Å². The van der Waals surface area contributed by atoms with Crippen molar-refractivity contribution in [2.45, 2.75) is 39.2 Å². The van der Waals surface area contributed by atoms with Gasteiger partial charge in [0.15, 0.2) is 0 Å².